The molecule has 0 atom stereocenters. The van der Waals surface area contributed by atoms with Gasteiger partial charge in [0.2, 0.25) is 0 Å². The third-order valence-corrected chi connectivity index (χ3v) is 3.96. The number of ketones is 1. The fraction of sp³-hybridized carbons (Fsp3) is 0.167. The zero-order chi connectivity index (χ0) is 15.0. The molecule has 3 nitrogen and oxygen atoms in total. The first-order valence-corrected chi connectivity index (χ1v) is 6.86. The number of aromatic nitrogens is 1. The summed E-state index contributed by atoms with van der Waals surface area (Å²) in [5.74, 6) is 0.724. The topological polar surface area (TPSA) is 31.2 Å². The van der Waals surface area contributed by atoms with E-state index in [-0.39, 0.29) is 5.78 Å². The van der Waals surface area contributed by atoms with Crippen molar-refractivity contribution >= 4 is 16.7 Å². The van der Waals surface area contributed by atoms with E-state index in [1.165, 1.54) is 0 Å². The molecule has 0 unspecified atom stereocenters. The minimum absolute atomic E-state index is 0.0307. The van der Waals surface area contributed by atoms with Gasteiger partial charge in [-0.1, -0.05) is 30.3 Å². The second-order valence-corrected chi connectivity index (χ2v) is 5.10. The van der Waals surface area contributed by atoms with Crippen molar-refractivity contribution in [1.82, 2.24) is 4.57 Å². The van der Waals surface area contributed by atoms with Crippen molar-refractivity contribution < 1.29 is 9.53 Å². The number of nitrogens with zero attached hydrogens (tertiary/aromatic N) is 1. The minimum Gasteiger partial charge on any atom is -0.497 e. The highest BCUT2D eigenvalue weighted by molar-refractivity contribution is 6.17. The summed E-state index contributed by atoms with van der Waals surface area (Å²) in [5.41, 5.74) is 3.46. The molecule has 106 valence electrons. The number of ether oxygens (including phenoxy) is 1. The lowest BCUT2D eigenvalue weighted by molar-refractivity contribution is 0.103. The van der Waals surface area contributed by atoms with Crippen molar-refractivity contribution in [2.45, 2.75) is 6.92 Å². The summed E-state index contributed by atoms with van der Waals surface area (Å²) < 4.78 is 7.26. The molecule has 0 saturated heterocycles. The monoisotopic (exact) mass is 279 g/mol. The van der Waals surface area contributed by atoms with Crippen molar-refractivity contribution in [2.24, 2.45) is 7.05 Å². The number of fused-ring (bicyclic) bond motifs is 1. The third kappa shape index (κ3) is 2.11. The molecule has 2 aromatic carbocycles. The number of aryl methyl sites for hydroxylation is 1. The fourth-order valence-corrected chi connectivity index (χ4v) is 2.72. The van der Waals surface area contributed by atoms with Gasteiger partial charge in [0.1, 0.15) is 5.75 Å². The van der Waals surface area contributed by atoms with Crippen molar-refractivity contribution in [3.8, 4) is 5.75 Å². The zero-order valence-electron chi connectivity index (χ0n) is 12.4. The van der Waals surface area contributed by atoms with Gasteiger partial charge in [-0.3, -0.25) is 4.79 Å². The molecule has 0 spiro atoms. The third-order valence-electron chi connectivity index (χ3n) is 3.96. The van der Waals surface area contributed by atoms with Gasteiger partial charge < -0.3 is 9.30 Å². The summed E-state index contributed by atoms with van der Waals surface area (Å²) in [6.45, 7) is 1.98. The zero-order valence-corrected chi connectivity index (χ0v) is 12.4. The molecule has 0 aliphatic rings. The number of methoxy groups -OCH3 is 1. The summed E-state index contributed by atoms with van der Waals surface area (Å²) in [6.07, 6.45) is 0. The molecule has 0 fully saturated rings. The maximum absolute atomic E-state index is 12.9. The minimum atomic E-state index is 0.0307. The van der Waals surface area contributed by atoms with Crippen LogP contribution >= 0.6 is 0 Å². The Morgan fingerprint density at radius 1 is 1.10 bits per heavy atom. The van der Waals surface area contributed by atoms with Gasteiger partial charge in [-0.05, 0) is 25.1 Å². The molecule has 0 radical (unpaired) electrons. The van der Waals surface area contributed by atoms with Crippen LogP contribution in [0.15, 0.2) is 48.5 Å². The van der Waals surface area contributed by atoms with Crippen molar-refractivity contribution in [1.29, 1.82) is 0 Å². The maximum Gasteiger partial charge on any atom is 0.195 e. The molecule has 1 heterocycles. The molecular weight excluding hydrogens is 262 g/mol. The van der Waals surface area contributed by atoms with Crippen LogP contribution in [0.5, 0.6) is 5.75 Å². The van der Waals surface area contributed by atoms with Crippen LogP contribution in [0.2, 0.25) is 0 Å². The van der Waals surface area contributed by atoms with Crippen LogP contribution < -0.4 is 4.74 Å². The fourth-order valence-electron chi connectivity index (χ4n) is 2.72. The van der Waals surface area contributed by atoms with Gasteiger partial charge in [-0.15, -0.1) is 0 Å². The molecule has 1 aromatic heterocycles. The molecule has 0 N–H and O–H groups in total. The number of para-hydroxylation sites is 1. The highest BCUT2D eigenvalue weighted by Crippen LogP contribution is 2.27. The van der Waals surface area contributed by atoms with Gasteiger partial charge in [0.15, 0.2) is 5.78 Å². The van der Waals surface area contributed by atoms with E-state index in [1.807, 2.05) is 56.4 Å². The number of hydrogen-bond acceptors (Lipinski definition) is 2. The lowest BCUT2D eigenvalue weighted by atomic mass is 10.0. The summed E-state index contributed by atoms with van der Waals surface area (Å²) in [7, 11) is 3.59. The average molecular weight is 279 g/mol. The van der Waals surface area contributed by atoms with Gasteiger partial charge in [-0.2, -0.15) is 0 Å². The predicted molar refractivity (Wildman–Crippen MR) is 84.1 cm³/mol. The van der Waals surface area contributed by atoms with Gasteiger partial charge >= 0.3 is 0 Å². The van der Waals surface area contributed by atoms with Crippen LogP contribution in [0.1, 0.15) is 21.6 Å². The Morgan fingerprint density at radius 2 is 1.86 bits per heavy atom. The molecule has 0 bridgehead atoms. The normalized spacial score (nSPS) is 10.8. The quantitative estimate of drug-likeness (QED) is 0.684. The second kappa shape index (κ2) is 5.09. The summed E-state index contributed by atoms with van der Waals surface area (Å²) >= 11 is 0. The molecule has 0 amide bonds. The lowest BCUT2D eigenvalue weighted by Gasteiger charge is -2.05. The number of hydrogen-bond donors (Lipinski definition) is 0. The van der Waals surface area contributed by atoms with E-state index in [0.29, 0.717) is 11.3 Å². The van der Waals surface area contributed by atoms with E-state index in [0.717, 1.165) is 22.2 Å². The standard InChI is InChI=1S/C18H17NO2/c1-12-17(15-9-4-5-10-16(15)19(12)2)18(20)13-7-6-8-14(11-13)21-3/h4-11H,1-3H3. The van der Waals surface area contributed by atoms with Crippen molar-refractivity contribution in [3.63, 3.8) is 0 Å². The predicted octanol–water partition coefficient (Wildman–Crippen LogP) is 3.73. The van der Waals surface area contributed by atoms with Crippen molar-refractivity contribution in [2.75, 3.05) is 7.11 Å². The maximum atomic E-state index is 12.9. The second-order valence-electron chi connectivity index (χ2n) is 5.10. The number of benzene rings is 2. The largest absolute Gasteiger partial charge is 0.497 e. The molecule has 0 aliphatic carbocycles. The smallest absolute Gasteiger partial charge is 0.195 e. The molecule has 0 saturated carbocycles. The molecule has 21 heavy (non-hydrogen) atoms. The summed E-state index contributed by atoms with van der Waals surface area (Å²) in [4.78, 5) is 12.9. The van der Waals surface area contributed by atoms with E-state index in [1.54, 1.807) is 13.2 Å². The highest BCUT2D eigenvalue weighted by atomic mass is 16.5. The molecule has 3 heteroatoms. The van der Waals surface area contributed by atoms with E-state index < -0.39 is 0 Å². The summed E-state index contributed by atoms with van der Waals surface area (Å²) in [5, 5.41) is 0.991. The van der Waals surface area contributed by atoms with Gasteiger partial charge in [0.05, 0.1) is 12.7 Å². The van der Waals surface area contributed by atoms with E-state index in [2.05, 4.69) is 4.57 Å². The lowest BCUT2D eigenvalue weighted by Crippen LogP contribution is -2.04. The molecule has 3 rings (SSSR count). The number of carbonyl (C=O) groups is 1. The van der Waals surface area contributed by atoms with E-state index >= 15 is 0 Å². The van der Waals surface area contributed by atoms with Crippen LogP contribution in [0.25, 0.3) is 10.9 Å². The van der Waals surface area contributed by atoms with Crippen LogP contribution in [-0.2, 0) is 7.05 Å². The Labute approximate surface area is 123 Å². The number of rotatable bonds is 3. The first kappa shape index (κ1) is 13.4. The van der Waals surface area contributed by atoms with E-state index in [4.69, 9.17) is 4.74 Å². The number of carbonyl (C=O) groups excluding carboxylic acids is 1. The van der Waals surface area contributed by atoms with Gasteiger partial charge in [0.25, 0.3) is 0 Å². The van der Waals surface area contributed by atoms with Crippen LogP contribution in [0.3, 0.4) is 0 Å². The van der Waals surface area contributed by atoms with E-state index in [9.17, 15) is 4.79 Å². The Bertz CT molecular complexity index is 830. The summed E-state index contributed by atoms with van der Waals surface area (Å²) in [6, 6.07) is 15.3. The molecule has 0 aliphatic heterocycles. The van der Waals surface area contributed by atoms with Crippen LogP contribution in [0, 0.1) is 6.92 Å². The Kier molecular flexibility index (Phi) is 3.26. The Hall–Kier alpha value is -2.55. The average Bonchev–Trinajstić information content (AvgIpc) is 2.79. The first-order chi connectivity index (χ1) is 10.1. The molecule has 3 aromatic rings. The van der Waals surface area contributed by atoms with Crippen LogP contribution in [-0.4, -0.2) is 17.5 Å². The molecular formula is C18H17NO2. The highest BCUT2D eigenvalue weighted by Gasteiger charge is 2.19. The van der Waals surface area contributed by atoms with Gasteiger partial charge in [-0.25, -0.2) is 0 Å². The first-order valence-electron chi connectivity index (χ1n) is 6.86. The van der Waals surface area contributed by atoms with Crippen molar-refractivity contribution in [3.05, 3.63) is 65.4 Å². The van der Waals surface area contributed by atoms with Crippen LogP contribution in [0.4, 0.5) is 0 Å². The SMILES string of the molecule is COc1cccc(C(=O)c2c(C)n(C)c3ccccc23)c1. The Balaban J connectivity index is 2.20. The Morgan fingerprint density at radius 3 is 2.62 bits per heavy atom. The van der Waals surface area contributed by atoms with Gasteiger partial charge in [0, 0.05) is 29.2 Å².